The zero-order valence-electron chi connectivity index (χ0n) is 14.3. The van der Waals surface area contributed by atoms with Crippen molar-refractivity contribution in [3.63, 3.8) is 0 Å². The van der Waals surface area contributed by atoms with Crippen molar-refractivity contribution in [1.82, 2.24) is 14.3 Å². The second-order valence-corrected chi connectivity index (χ2v) is 7.34. The van der Waals surface area contributed by atoms with Crippen LogP contribution in [0.1, 0.15) is 17.4 Å². The molecule has 0 aliphatic carbocycles. The van der Waals surface area contributed by atoms with Gasteiger partial charge in [0.15, 0.2) is 0 Å². The van der Waals surface area contributed by atoms with E-state index in [1.54, 1.807) is 55.4 Å². The van der Waals surface area contributed by atoms with Crippen LogP contribution < -0.4 is 9.46 Å². The van der Waals surface area contributed by atoms with Crippen LogP contribution in [-0.2, 0) is 17.1 Å². The number of nitrogens with one attached hydrogen (secondary N) is 1. The summed E-state index contributed by atoms with van der Waals surface area (Å²) in [6.07, 6.45) is 3.28. The molecule has 1 aromatic heterocycles. The third-order valence-corrected chi connectivity index (χ3v) is 5.42. The van der Waals surface area contributed by atoms with E-state index >= 15 is 0 Å². The predicted molar refractivity (Wildman–Crippen MR) is 94.8 cm³/mol. The zero-order chi connectivity index (χ0) is 18.7. The Bertz CT molecular complexity index is 1000. The minimum absolute atomic E-state index is 0.410. The summed E-state index contributed by atoms with van der Waals surface area (Å²) in [6, 6.07) is 11.4. The molecule has 2 aromatic carbocycles. The highest BCUT2D eigenvalue weighted by Gasteiger charge is 2.27. The van der Waals surface area contributed by atoms with Gasteiger partial charge >= 0.3 is 0 Å². The van der Waals surface area contributed by atoms with Crippen molar-refractivity contribution < 1.29 is 17.5 Å². The van der Waals surface area contributed by atoms with Gasteiger partial charge in [-0.1, -0.05) is 24.3 Å². The summed E-state index contributed by atoms with van der Waals surface area (Å²) in [4.78, 5) is 3.84. The molecule has 6 nitrogen and oxygen atoms in total. The quantitative estimate of drug-likeness (QED) is 0.719. The number of halogens is 1. The first-order valence-corrected chi connectivity index (χ1v) is 9.29. The molecule has 0 saturated carbocycles. The van der Waals surface area contributed by atoms with Crippen LogP contribution >= 0.6 is 0 Å². The third kappa shape index (κ3) is 3.61. The number of aromatic nitrogens is 2. The number of methoxy groups -OCH3 is 1. The second-order valence-electron chi connectivity index (χ2n) is 5.65. The van der Waals surface area contributed by atoms with Crippen LogP contribution in [-0.4, -0.2) is 25.1 Å². The Morgan fingerprint density at radius 3 is 2.42 bits per heavy atom. The van der Waals surface area contributed by atoms with Gasteiger partial charge in [0.2, 0.25) is 10.0 Å². The second kappa shape index (κ2) is 7.27. The van der Waals surface area contributed by atoms with Gasteiger partial charge in [-0.15, -0.1) is 0 Å². The molecule has 136 valence electrons. The van der Waals surface area contributed by atoms with Crippen LogP contribution in [0.3, 0.4) is 0 Å². The van der Waals surface area contributed by atoms with E-state index in [9.17, 15) is 12.8 Å². The Balaban J connectivity index is 2.04. The fourth-order valence-corrected chi connectivity index (χ4v) is 3.86. The number of rotatable bonds is 6. The van der Waals surface area contributed by atoms with E-state index in [1.165, 1.54) is 18.2 Å². The maximum atomic E-state index is 14.0. The SMILES string of the molecule is COc1ccc([C@H](NS(=O)(=O)c2ccccc2F)c2nccn2C)cc1. The van der Waals surface area contributed by atoms with Crippen LogP contribution in [0.5, 0.6) is 5.75 Å². The molecule has 1 N–H and O–H groups in total. The van der Waals surface area contributed by atoms with Crippen molar-refractivity contribution in [2.45, 2.75) is 10.9 Å². The largest absolute Gasteiger partial charge is 0.497 e. The average Bonchev–Trinajstić information content (AvgIpc) is 3.06. The average molecular weight is 375 g/mol. The van der Waals surface area contributed by atoms with E-state index in [-0.39, 0.29) is 0 Å². The Morgan fingerprint density at radius 1 is 1.15 bits per heavy atom. The van der Waals surface area contributed by atoms with Gasteiger partial charge in [0.1, 0.15) is 28.3 Å². The predicted octanol–water partition coefficient (Wildman–Crippen LogP) is 2.64. The maximum Gasteiger partial charge on any atom is 0.244 e. The minimum atomic E-state index is -4.11. The molecule has 0 aliphatic rings. The summed E-state index contributed by atoms with van der Waals surface area (Å²) in [5.74, 6) is 0.313. The molecule has 26 heavy (non-hydrogen) atoms. The number of nitrogens with zero attached hydrogens (tertiary/aromatic N) is 2. The van der Waals surface area contributed by atoms with Crippen LogP contribution in [0.4, 0.5) is 4.39 Å². The lowest BCUT2D eigenvalue weighted by Gasteiger charge is -2.19. The lowest BCUT2D eigenvalue weighted by Crippen LogP contribution is -2.31. The van der Waals surface area contributed by atoms with Crippen LogP contribution in [0.25, 0.3) is 0 Å². The van der Waals surface area contributed by atoms with Crippen LogP contribution in [0.2, 0.25) is 0 Å². The molecule has 0 bridgehead atoms. The first-order chi connectivity index (χ1) is 12.4. The highest BCUT2D eigenvalue weighted by Crippen LogP contribution is 2.25. The van der Waals surface area contributed by atoms with E-state index in [2.05, 4.69) is 9.71 Å². The van der Waals surface area contributed by atoms with Crippen molar-refractivity contribution in [2.75, 3.05) is 7.11 Å². The Hall–Kier alpha value is -2.71. The first kappa shape index (κ1) is 18.1. The summed E-state index contributed by atoms with van der Waals surface area (Å²) in [6.45, 7) is 0. The molecule has 0 radical (unpaired) electrons. The molecule has 8 heteroatoms. The Kier molecular flexibility index (Phi) is 5.06. The number of hydrogen-bond donors (Lipinski definition) is 1. The standard InChI is InChI=1S/C18H18FN3O3S/c1-22-12-11-20-18(22)17(13-7-9-14(25-2)10-8-13)21-26(23,24)16-6-4-3-5-15(16)19/h3-12,17,21H,1-2H3/t17-/m0/s1. The topological polar surface area (TPSA) is 73.2 Å². The van der Waals surface area contributed by atoms with Crippen molar-refractivity contribution in [3.05, 3.63) is 78.1 Å². The smallest absolute Gasteiger partial charge is 0.244 e. The highest BCUT2D eigenvalue weighted by molar-refractivity contribution is 7.89. The summed E-state index contributed by atoms with van der Waals surface area (Å²) in [5, 5.41) is 0. The number of imidazole rings is 1. The molecule has 0 amide bonds. The molecule has 1 atom stereocenters. The normalized spacial score (nSPS) is 12.7. The molecule has 3 rings (SSSR count). The number of ether oxygens (including phenoxy) is 1. The minimum Gasteiger partial charge on any atom is -0.497 e. The molecule has 3 aromatic rings. The van der Waals surface area contributed by atoms with E-state index in [1.807, 2.05) is 0 Å². The van der Waals surface area contributed by atoms with Crippen LogP contribution in [0, 0.1) is 5.82 Å². The van der Waals surface area contributed by atoms with Crippen molar-refractivity contribution in [2.24, 2.45) is 7.05 Å². The van der Waals surface area contributed by atoms with Gasteiger partial charge in [-0.2, -0.15) is 4.72 Å². The lowest BCUT2D eigenvalue weighted by molar-refractivity contribution is 0.414. The van der Waals surface area contributed by atoms with Crippen molar-refractivity contribution in [1.29, 1.82) is 0 Å². The summed E-state index contributed by atoms with van der Waals surface area (Å²) < 4.78 is 48.9. The zero-order valence-corrected chi connectivity index (χ0v) is 15.1. The van der Waals surface area contributed by atoms with Gasteiger partial charge in [0.05, 0.1) is 7.11 Å². The first-order valence-electron chi connectivity index (χ1n) is 7.80. The number of aryl methyl sites for hydroxylation is 1. The Morgan fingerprint density at radius 2 is 1.85 bits per heavy atom. The number of sulfonamides is 1. The van der Waals surface area contributed by atoms with Gasteiger partial charge in [-0.3, -0.25) is 0 Å². The Labute approximate surface area is 151 Å². The van der Waals surface area contributed by atoms with E-state index in [0.717, 1.165) is 6.07 Å². The molecule has 1 heterocycles. The van der Waals surface area contributed by atoms with Gasteiger partial charge < -0.3 is 9.30 Å². The molecule has 0 aliphatic heterocycles. The lowest BCUT2D eigenvalue weighted by atomic mass is 10.1. The van der Waals surface area contributed by atoms with Crippen molar-refractivity contribution in [3.8, 4) is 5.75 Å². The molecule has 0 saturated heterocycles. The summed E-state index contributed by atoms with van der Waals surface area (Å²) in [7, 11) is -0.798. The molecule has 0 spiro atoms. The van der Waals surface area contributed by atoms with E-state index < -0.39 is 26.8 Å². The van der Waals surface area contributed by atoms with Gasteiger partial charge in [-0.25, -0.2) is 17.8 Å². The summed E-state index contributed by atoms with van der Waals surface area (Å²) in [5.41, 5.74) is 0.653. The number of hydrogen-bond acceptors (Lipinski definition) is 4. The molecule has 0 unspecified atom stereocenters. The fourth-order valence-electron chi connectivity index (χ4n) is 2.60. The highest BCUT2D eigenvalue weighted by atomic mass is 32.2. The van der Waals surface area contributed by atoms with Gasteiger partial charge in [0, 0.05) is 19.4 Å². The monoisotopic (exact) mass is 375 g/mol. The summed E-state index contributed by atoms with van der Waals surface area (Å²) >= 11 is 0. The fraction of sp³-hybridized carbons (Fsp3) is 0.167. The van der Waals surface area contributed by atoms with Gasteiger partial charge in [-0.05, 0) is 29.8 Å². The van der Waals surface area contributed by atoms with E-state index in [0.29, 0.717) is 17.1 Å². The van der Waals surface area contributed by atoms with Crippen LogP contribution in [0.15, 0.2) is 65.8 Å². The number of benzene rings is 2. The maximum absolute atomic E-state index is 14.0. The van der Waals surface area contributed by atoms with E-state index in [4.69, 9.17) is 4.74 Å². The molecule has 0 fully saturated rings. The van der Waals surface area contributed by atoms with Crippen molar-refractivity contribution >= 4 is 10.0 Å². The molecular weight excluding hydrogens is 357 g/mol. The third-order valence-electron chi connectivity index (χ3n) is 3.96. The van der Waals surface area contributed by atoms with Gasteiger partial charge in [0.25, 0.3) is 0 Å². The molecular formula is C18H18FN3O3S.